The number of methoxy groups -OCH3 is 1. The van der Waals surface area contributed by atoms with Gasteiger partial charge in [-0.2, -0.15) is 0 Å². The second-order valence-electron chi connectivity index (χ2n) is 9.73. The zero-order chi connectivity index (χ0) is 22.9. The summed E-state index contributed by atoms with van der Waals surface area (Å²) in [6, 6.07) is 10.2. The summed E-state index contributed by atoms with van der Waals surface area (Å²) in [6.07, 6.45) is 8.76. The molecule has 0 aliphatic carbocycles. The van der Waals surface area contributed by atoms with Crippen LogP contribution in [0, 0.1) is 5.41 Å². The van der Waals surface area contributed by atoms with Gasteiger partial charge in [-0.05, 0) is 55.0 Å². The number of aromatic nitrogens is 1. The zero-order valence-corrected chi connectivity index (χ0v) is 21.3. The van der Waals surface area contributed by atoms with Crippen LogP contribution in [-0.4, -0.2) is 33.7 Å². The van der Waals surface area contributed by atoms with Crippen LogP contribution < -0.4 is 0 Å². The Hall–Kier alpha value is -1.72. The molecule has 0 saturated carbocycles. The van der Waals surface area contributed by atoms with E-state index in [1.807, 2.05) is 6.07 Å². The molecular formula is C26H40NO3Si. The largest absolute Gasteiger partial charge is 0.464 e. The molecule has 2 aromatic rings. The fourth-order valence-electron chi connectivity index (χ4n) is 4.10. The second kappa shape index (κ2) is 12.3. The molecule has 0 N–H and O–H groups in total. The smallest absolute Gasteiger partial charge is 0.356 e. The molecule has 1 aromatic heterocycles. The van der Waals surface area contributed by atoms with E-state index in [-0.39, 0.29) is 5.41 Å². The standard InChI is InChI=1S/C26H40NO3Si/c1-26(2,3)22(13-11-9-7-8-10-12-18-30-31(5)6)21-15-14-20-16-17-23(25(28)29-4)27-24(20)19-21/h14-17,19,22H,7-13,18H2,1-6H3. The van der Waals surface area contributed by atoms with Crippen molar-refractivity contribution in [1.29, 1.82) is 0 Å². The van der Waals surface area contributed by atoms with Gasteiger partial charge in [0.2, 0.25) is 9.04 Å². The average molecular weight is 443 g/mol. The lowest BCUT2D eigenvalue weighted by Gasteiger charge is -2.31. The summed E-state index contributed by atoms with van der Waals surface area (Å²) in [7, 11) is 0.856. The summed E-state index contributed by atoms with van der Waals surface area (Å²) in [4.78, 5) is 16.4. The molecule has 2 rings (SSSR count). The first-order valence-electron chi connectivity index (χ1n) is 11.6. The van der Waals surface area contributed by atoms with Gasteiger partial charge in [-0.15, -0.1) is 0 Å². The van der Waals surface area contributed by atoms with Gasteiger partial charge < -0.3 is 9.16 Å². The van der Waals surface area contributed by atoms with Crippen LogP contribution in [0.5, 0.6) is 0 Å². The third-order valence-electron chi connectivity index (χ3n) is 5.84. The molecule has 171 valence electrons. The van der Waals surface area contributed by atoms with E-state index in [0.29, 0.717) is 11.6 Å². The van der Waals surface area contributed by atoms with Crippen LogP contribution in [0.25, 0.3) is 10.9 Å². The highest BCUT2D eigenvalue weighted by atomic mass is 28.3. The highest BCUT2D eigenvalue weighted by Gasteiger charge is 2.26. The lowest BCUT2D eigenvalue weighted by atomic mass is 9.73. The van der Waals surface area contributed by atoms with Crippen molar-refractivity contribution in [3.05, 3.63) is 41.6 Å². The first kappa shape index (κ1) is 25.5. The molecule has 1 aromatic carbocycles. The number of carbonyl (C=O) groups is 1. The highest BCUT2D eigenvalue weighted by molar-refractivity contribution is 6.48. The van der Waals surface area contributed by atoms with Gasteiger partial charge in [-0.25, -0.2) is 9.78 Å². The van der Waals surface area contributed by atoms with Crippen LogP contribution in [0.3, 0.4) is 0 Å². The minimum atomic E-state index is -0.534. The second-order valence-corrected chi connectivity index (χ2v) is 11.8. The number of ether oxygens (including phenoxy) is 1. The van der Waals surface area contributed by atoms with E-state index in [1.165, 1.54) is 57.6 Å². The Bertz CT molecular complexity index is 829. The zero-order valence-electron chi connectivity index (χ0n) is 20.3. The third kappa shape index (κ3) is 8.38. The molecule has 0 saturated heterocycles. The van der Waals surface area contributed by atoms with Crippen molar-refractivity contribution in [3.8, 4) is 0 Å². The Morgan fingerprint density at radius 1 is 1.00 bits per heavy atom. The minimum Gasteiger partial charge on any atom is -0.464 e. The van der Waals surface area contributed by atoms with Gasteiger partial charge in [0.05, 0.1) is 12.6 Å². The summed E-state index contributed by atoms with van der Waals surface area (Å²) in [6.45, 7) is 12.3. The van der Waals surface area contributed by atoms with Gasteiger partial charge in [0.25, 0.3) is 0 Å². The van der Waals surface area contributed by atoms with Gasteiger partial charge in [0.15, 0.2) is 0 Å². The summed E-state index contributed by atoms with van der Waals surface area (Å²) in [5.41, 5.74) is 2.70. The fourth-order valence-corrected chi connectivity index (χ4v) is 4.66. The third-order valence-corrected chi connectivity index (χ3v) is 6.62. The van der Waals surface area contributed by atoms with Crippen molar-refractivity contribution in [3.63, 3.8) is 0 Å². The van der Waals surface area contributed by atoms with E-state index in [2.05, 4.69) is 57.0 Å². The number of hydrogen-bond acceptors (Lipinski definition) is 4. The van der Waals surface area contributed by atoms with Gasteiger partial charge >= 0.3 is 5.97 Å². The van der Waals surface area contributed by atoms with E-state index in [0.717, 1.165) is 17.5 Å². The monoisotopic (exact) mass is 442 g/mol. The van der Waals surface area contributed by atoms with Crippen LogP contribution in [-0.2, 0) is 9.16 Å². The Kier molecular flexibility index (Phi) is 10.2. The van der Waals surface area contributed by atoms with Crippen molar-refractivity contribution < 1.29 is 14.0 Å². The van der Waals surface area contributed by atoms with Gasteiger partial charge in [0, 0.05) is 12.0 Å². The predicted octanol–water partition coefficient (Wildman–Crippen LogP) is 7.15. The van der Waals surface area contributed by atoms with Gasteiger partial charge in [-0.3, -0.25) is 0 Å². The maximum atomic E-state index is 11.9. The number of rotatable bonds is 12. The lowest BCUT2D eigenvalue weighted by Crippen LogP contribution is -2.18. The molecule has 0 amide bonds. The number of nitrogens with zero attached hydrogens (tertiary/aromatic N) is 1. The predicted molar refractivity (Wildman–Crippen MR) is 131 cm³/mol. The summed E-state index contributed by atoms with van der Waals surface area (Å²) >= 11 is 0. The Balaban J connectivity index is 1.94. The summed E-state index contributed by atoms with van der Waals surface area (Å²) < 4.78 is 10.5. The molecule has 0 aliphatic rings. The van der Waals surface area contributed by atoms with Crippen LogP contribution in [0.4, 0.5) is 0 Å². The molecule has 0 aliphatic heterocycles. The minimum absolute atomic E-state index is 0.171. The van der Waals surface area contributed by atoms with Crippen molar-refractivity contribution in [2.45, 2.75) is 84.7 Å². The number of carbonyl (C=O) groups excluding carboxylic acids is 1. The normalized spacial score (nSPS) is 13.0. The summed E-state index contributed by atoms with van der Waals surface area (Å²) in [5, 5.41) is 1.05. The topological polar surface area (TPSA) is 48.4 Å². The number of hydrogen-bond donors (Lipinski definition) is 0. The molecule has 1 radical (unpaired) electrons. The molecule has 31 heavy (non-hydrogen) atoms. The van der Waals surface area contributed by atoms with E-state index in [4.69, 9.17) is 9.16 Å². The average Bonchev–Trinajstić information content (AvgIpc) is 2.72. The molecule has 0 spiro atoms. The molecule has 1 heterocycles. The van der Waals surface area contributed by atoms with E-state index < -0.39 is 15.0 Å². The van der Waals surface area contributed by atoms with Crippen molar-refractivity contribution >= 4 is 25.9 Å². The molecule has 5 heteroatoms. The lowest BCUT2D eigenvalue weighted by molar-refractivity contribution is 0.0594. The quantitative estimate of drug-likeness (QED) is 0.199. The summed E-state index contributed by atoms with van der Waals surface area (Å²) in [5.74, 6) is 0.0699. The Morgan fingerprint density at radius 2 is 1.65 bits per heavy atom. The van der Waals surface area contributed by atoms with Crippen molar-refractivity contribution in [1.82, 2.24) is 4.98 Å². The van der Waals surface area contributed by atoms with Crippen LogP contribution in [0.15, 0.2) is 30.3 Å². The maximum absolute atomic E-state index is 11.9. The SMILES string of the molecule is COC(=O)c1ccc2ccc(C(CCCCCCCCO[Si](C)C)C(C)(C)C)cc2n1. The first-order chi connectivity index (χ1) is 14.7. The number of esters is 1. The van der Waals surface area contributed by atoms with Gasteiger partial charge in [0.1, 0.15) is 5.69 Å². The highest BCUT2D eigenvalue weighted by Crippen LogP contribution is 2.39. The number of benzene rings is 1. The van der Waals surface area contributed by atoms with E-state index in [1.54, 1.807) is 6.07 Å². The van der Waals surface area contributed by atoms with Crippen LogP contribution in [0.1, 0.15) is 87.7 Å². The van der Waals surface area contributed by atoms with Crippen LogP contribution in [0.2, 0.25) is 13.1 Å². The Labute approximate surface area is 190 Å². The number of unbranched alkanes of at least 4 members (excludes halogenated alkanes) is 5. The molecule has 4 nitrogen and oxygen atoms in total. The van der Waals surface area contributed by atoms with E-state index in [9.17, 15) is 4.79 Å². The van der Waals surface area contributed by atoms with Crippen molar-refractivity contribution in [2.24, 2.45) is 5.41 Å². The Morgan fingerprint density at radius 3 is 2.29 bits per heavy atom. The first-order valence-corrected chi connectivity index (χ1v) is 14.0. The molecule has 0 fully saturated rings. The number of fused-ring (bicyclic) bond motifs is 1. The van der Waals surface area contributed by atoms with Gasteiger partial charge in [-0.1, -0.05) is 71.1 Å². The molecular weight excluding hydrogens is 402 g/mol. The molecule has 0 bridgehead atoms. The number of pyridine rings is 1. The van der Waals surface area contributed by atoms with E-state index >= 15 is 0 Å². The van der Waals surface area contributed by atoms with Crippen molar-refractivity contribution in [2.75, 3.05) is 13.7 Å². The molecule has 1 atom stereocenters. The molecule has 1 unspecified atom stereocenters. The fraction of sp³-hybridized carbons (Fsp3) is 0.615. The van der Waals surface area contributed by atoms with Crippen LogP contribution >= 0.6 is 0 Å². The maximum Gasteiger partial charge on any atom is 0.356 e.